The molecule has 8 heteroatoms. The number of nitrogens with one attached hydrogen (secondary N) is 1. The Hall–Kier alpha value is -2.90. The van der Waals surface area contributed by atoms with Crippen LogP contribution in [-0.2, 0) is 16.1 Å². The van der Waals surface area contributed by atoms with Gasteiger partial charge in [-0.1, -0.05) is 0 Å². The van der Waals surface area contributed by atoms with Crippen molar-refractivity contribution in [3.63, 3.8) is 0 Å². The van der Waals surface area contributed by atoms with Crippen molar-refractivity contribution < 1.29 is 14.3 Å². The molecule has 0 saturated carbocycles. The summed E-state index contributed by atoms with van der Waals surface area (Å²) in [6, 6.07) is 3.68. The molecule has 1 aliphatic heterocycles. The van der Waals surface area contributed by atoms with Crippen molar-refractivity contribution in [3.05, 3.63) is 36.4 Å². The van der Waals surface area contributed by atoms with E-state index in [0.717, 1.165) is 36.5 Å². The Balaban J connectivity index is 1.65. The summed E-state index contributed by atoms with van der Waals surface area (Å²) in [4.78, 5) is 34.0. The van der Waals surface area contributed by atoms with E-state index in [1.54, 1.807) is 11.1 Å². The molecule has 0 aromatic carbocycles. The number of hydrogen-bond acceptors (Lipinski definition) is 5. The van der Waals surface area contributed by atoms with Crippen LogP contribution in [0.5, 0.6) is 0 Å². The molecule has 3 heterocycles. The van der Waals surface area contributed by atoms with Crippen LogP contribution in [-0.4, -0.2) is 58.2 Å². The minimum Gasteiger partial charge on any atom is -0.468 e. The van der Waals surface area contributed by atoms with Crippen molar-refractivity contribution in [2.24, 2.45) is 5.92 Å². The lowest BCUT2D eigenvalue weighted by Gasteiger charge is -2.33. The lowest BCUT2D eigenvalue weighted by Crippen LogP contribution is -2.47. The first-order valence-electron chi connectivity index (χ1n) is 9.10. The van der Waals surface area contributed by atoms with Gasteiger partial charge in [0.25, 0.3) is 0 Å². The van der Waals surface area contributed by atoms with Crippen LogP contribution in [0.4, 0.5) is 4.79 Å². The number of methoxy groups -OCH3 is 1. The summed E-state index contributed by atoms with van der Waals surface area (Å²) in [5.41, 5.74) is 2.07. The van der Waals surface area contributed by atoms with Crippen molar-refractivity contribution in [2.75, 3.05) is 26.7 Å². The Morgan fingerprint density at radius 2 is 2.22 bits per heavy atom. The number of urea groups is 1. The van der Waals surface area contributed by atoms with Crippen LogP contribution in [0.1, 0.15) is 18.5 Å². The maximum atomic E-state index is 12.3. The Labute approximate surface area is 158 Å². The molecule has 0 radical (unpaired) electrons. The van der Waals surface area contributed by atoms with Gasteiger partial charge >= 0.3 is 12.0 Å². The van der Waals surface area contributed by atoms with Gasteiger partial charge in [-0.3, -0.25) is 9.78 Å². The number of hydrogen-bond donors (Lipinski definition) is 1. The van der Waals surface area contributed by atoms with E-state index in [9.17, 15) is 9.59 Å². The fourth-order valence-corrected chi connectivity index (χ4v) is 3.41. The number of nitrogens with zero attached hydrogens (tertiary/aromatic N) is 4. The van der Waals surface area contributed by atoms with Crippen LogP contribution >= 0.6 is 0 Å². The van der Waals surface area contributed by atoms with Crippen LogP contribution in [0.3, 0.4) is 0 Å². The van der Waals surface area contributed by atoms with Crippen molar-refractivity contribution in [1.29, 1.82) is 0 Å². The predicted octanol–water partition coefficient (Wildman–Crippen LogP) is 1.85. The van der Waals surface area contributed by atoms with Crippen LogP contribution in [0.15, 0.2) is 30.7 Å². The normalized spacial score (nSPS) is 16.8. The van der Waals surface area contributed by atoms with Gasteiger partial charge in [0.05, 0.1) is 7.11 Å². The number of carbonyl (C=O) groups excluding carboxylic acids is 2. The van der Waals surface area contributed by atoms with Crippen LogP contribution < -0.4 is 5.32 Å². The molecule has 2 amide bonds. The number of piperidine rings is 1. The van der Waals surface area contributed by atoms with E-state index in [2.05, 4.69) is 24.6 Å². The van der Waals surface area contributed by atoms with Gasteiger partial charge in [-0.15, -0.1) is 0 Å². The number of carbonyl (C=O) groups is 2. The predicted molar refractivity (Wildman–Crippen MR) is 99.9 cm³/mol. The van der Waals surface area contributed by atoms with Crippen LogP contribution in [0, 0.1) is 12.8 Å². The Kier molecular flexibility index (Phi) is 6.05. The number of rotatable bonds is 5. The number of pyridine rings is 1. The molecule has 0 spiro atoms. The second kappa shape index (κ2) is 8.66. The molecule has 1 fully saturated rings. The highest BCUT2D eigenvalue weighted by atomic mass is 16.5. The van der Waals surface area contributed by atoms with Crippen molar-refractivity contribution in [3.8, 4) is 11.4 Å². The molecule has 0 aliphatic carbocycles. The molecule has 1 unspecified atom stereocenters. The summed E-state index contributed by atoms with van der Waals surface area (Å²) in [7, 11) is 1.30. The number of likely N-dealkylation sites (tertiary alicyclic amines) is 1. The van der Waals surface area contributed by atoms with Gasteiger partial charge in [0.2, 0.25) is 0 Å². The third-order valence-corrected chi connectivity index (χ3v) is 4.83. The highest BCUT2D eigenvalue weighted by molar-refractivity contribution is 5.80. The third-order valence-electron chi connectivity index (χ3n) is 4.83. The topological polar surface area (TPSA) is 89.4 Å². The van der Waals surface area contributed by atoms with Gasteiger partial charge in [0.1, 0.15) is 12.4 Å². The molecule has 1 saturated heterocycles. The summed E-state index contributed by atoms with van der Waals surface area (Å²) in [5.74, 6) is 0.769. The fourth-order valence-electron chi connectivity index (χ4n) is 3.41. The first-order valence-corrected chi connectivity index (χ1v) is 9.10. The second-order valence-corrected chi connectivity index (χ2v) is 6.76. The minimum atomic E-state index is -0.452. The lowest BCUT2D eigenvalue weighted by atomic mass is 9.98. The molecule has 8 nitrogen and oxygen atoms in total. The van der Waals surface area contributed by atoms with E-state index in [4.69, 9.17) is 0 Å². The largest absolute Gasteiger partial charge is 0.468 e. The molecule has 2 aromatic heterocycles. The zero-order chi connectivity index (χ0) is 19.2. The highest BCUT2D eigenvalue weighted by Crippen LogP contribution is 2.24. The van der Waals surface area contributed by atoms with E-state index < -0.39 is 5.97 Å². The van der Waals surface area contributed by atoms with Gasteiger partial charge in [-0.2, -0.15) is 0 Å². The Morgan fingerprint density at radius 1 is 1.37 bits per heavy atom. The third kappa shape index (κ3) is 4.64. The summed E-state index contributed by atoms with van der Waals surface area (Å²) in [5, 5.41) is 2.62. The Morgan fingerprint density at radius 3 is 2.96 bits per heavy atom. The summed E-state index contributed by atoms with van der Waals surface area (Å²) in [6.45, 7) is 4.06. The molecule has 27 heavy (non-hydrogen) atoms. The van der Waals surface area contributed by atoms with Crippen molar-refractivity contribution >= 4 is 12.0 Å². The van der Waals surface area contributed by atoms with Gasteiger partial charge in [0.15, 0.2) is 0 Å². The van der Waals surface area contributed by atoms with E-state index >= 15 is 0 Å². The molecule has 1 N–H and O–H groups in total. The van der Waals surface area contributed by atoms with E-state index in [0.29, 0.717) is 19.0 Å². The minimum absolute atomic E-state index is 0.109. The number of aryl methyl sites for hydroxylation is 1. The summed E-state index contributed by atoms with van der Waals surface area (Å²) >= 11 is 0. The molecule has 2 aromatic rings. The van der Waals surface area contributed by atoms with Gasteiger partial charge in [0, 0.05) is 49.5 Å². The van der Waals surface area contributed by atoms with Gasteiger partial charge in [-0.05, 0) is 37.8 Å². The fraction of sp³-hybridized carbons (Fsp3) is 0.474. The molecular formula is C19H25N5O3. The first kappa shape index (κ1) is 18.9. The van der Waals surface area contributed by atoms with Crippen molar-refractivity contribution in [1.82, 2.24) is 24.8 Å². The Bertz CT molecular complexity index is 790. The first-order chi connectivity index (χ1) is 13.1. The maximum absolute atomic E-state index is 12.3. The summed E-state index contributed by atoms with van der Waals surface area (Å²) in [6.07, 6.45) is 7.41. The molecule has 3 rings (SSSR count). The zero-order valence-electron chi connectivity index (χ0n) is 15.7. The SMILES string of the molecule is COC(=O)CNC(=O)N1CCCC(Cn2c(C)cnc2-c2cccnc2)C1. The van der Waals surface area contributed by atoms with E-state index in [-0.39, 0.29) is 12.6 Å². The van der Waals surface area contributed by atoms with Crippen LogP contribution in [0.25, 0.3) is 11.4 Å². The molecule has 1 atom stereocenters. The number of esters is 1. The summed E-state index contributed by atoms with van der Waals surface area (Å²) < 4.78 is 6.75. The number of imidazole rings is 1. The van der Waals surface area contributed by atoms with E-state index in [1.165, 1.54) is 7.11 Å². The van der Waals surface area contributed by atoms with E-state index in [1.807, 2.05) is 31.5 Å². The standard InChI is InChI=1S/C19H25N5O3/c1-14-9-21-18(16-6-3-7-20-10-16)24(14)13-15-5-4-8-23(12-15)19(26)22-11-17(25)27-2/h3,6-7,9-10,15H,4-5,8,11-13H2,1-2H3,(H,22,26). The number of amides is 2. The number of ether oxygens (including phenoxy) is 1. The van der Waals surface area contributed by atoms with Crippen molar-refractivity contribution in [2.45, 2.75) is 26.3 Å². The highest BCUT2D eigenvalue weighted by Gasteiger charge is 2.25. The number of aromatic nitrogens is 3. The smallest absolute Gasteiger partial charge is 0.325 e. The van der Waals surface area contributed by atoms with Gasteiger partial charge in [-0.25, -0.2) is 9.78 Å². The average Bonchev–Trinajstić information content (AvgIpc) is 3.07. The maximum Gasteiger partial charge on any atom is 0.325 e. The second-order valence-electron chi connectivity index (χ2n) is 6.76. The lowest BCUT2D eigenvalue weighted by molar-refractivity contribution is -0.139. The monoisotopic (exact) mass is 371 g/mol. The quantitative estimate of drug-likeness (QED) is 0.810. The van der Waals surface area contributed by atoms with Crippen LogP contribution in [0.2, 0.25) is 0 Å². The molecule has 0 bridgehead atoms. The van der Waals surface area contributed by atoms with Gasteiger partial charge < -0.3 is 19.5 Å². The molecule has 1 aliphatic rings. The average molecular weight is 371 g/mol. The molecular weight excluding hydrogens is 346 g/mol. The zero-order valence-corrected chi connectivity index (χ0v) is 15.7. The molecule has 144 valence electrons.